The topological polar surface area (TPSA) is 111 Å². The zero-order valence-corrected chi connectivity index (χ0v) is 28.1. The van der Waals surface area contributed by atoms with Crippen LogP contribution < -0.4 is 20.1 Å². The van der Waals surface area contributed by atoms with E-state index in [0.717, 1.165) is 62.5 Å². The SMILES string of the molecule is CCCCC[C@H](C)C(=O)NCCOc1cc(CSC(C)=O)c(CSC(C)=O)cc1OCCNC(=O)[C@@H](C)CCCCC. The summed E-state index contributed by atoms with van der Waals surface area (Å²) >= 11 is 2.38. The van der Waals surface area contributed by atoms with Crippen LogP contribution in [0.3, 0.4) is 0 Å². The van der Waals surface area contributed by atoms with Crippen molar-refractivity contribution in [2.75, 3.05) is 26.3 Å². The zero-order chi connectivity index (χ0) is 31.3. The lowest BCUT2D eigenvalue weighted by Gasteiger charge is -2.18. The highest BCUT2D eigenvalue weighted by Crippen LogP contribution is 2.35. The summed E-state index contributed by atoms with van der Waals surface area (Å²) in [5.74, 6) is 1.81. The molecule has 1 aromatic rings. The highest BCUT2D eigenvalue weighted by molar-refractivity contribution is 8.13. The Kier molecular flexibility index (Phi) is 20.1. The van der Waals surface area contributed by atoms with Crippen molar-refractivity contribution in [1.82, 2.24) is 10.6 Å². The second kappa shape index (κ2) is 22.4. The maximum Gasteiger partial charge on any atom is 0.222 e. The third-order valence-electron chi connectivity index (χ3n) is 6.82. The summed E-state index contributed by atoms with van der Waals surface area (Å²) in [6.07, 6.45) is 8.29. The predicted octanol–water partition coefficient (Wildman–Crippen LogP) is 6.67. The number of thioether (sulfide) groups is 2. The number of ether oxygens (including phenoxy) is 2. The molecule has 0 aliphatic rings. The van der Waals surface area contributed by atoms with Gasteiger partial charge >= 0.3 is 0 Å². The Morgan fingerprint density at radius 2 is 1.07 bits per heavy atom. The highest BCUT2D eigenvalue weighted by Gasteiger charge is 2.17. The fraction of sp³-hybridized carbons (Fsp3) is 0.688. The Bertz CT molecular complexity index is 911. The lowest BCUT2D eigenvalue weighted by Crippen LogP contribution is -2.33. The maximum atomic E-state index is 12.5. The van der Waals surface area contributed by atoms with Gasteiger partial charge in [-0.1, -0.05) is 89.7 Å². The molecule has 42 heavy (non-hydrogen) atoms. The van der Waals surface area contributed by atoms with Gasteiger partial charge in [0.25, 0.3) is 0 Å². The maximum absolute atomic E-state index is 12.5. The number of rotatable bonds is 22. The average Bonchev–Trinajstić information content (AvgIpc) is 2.95. The van der Waals surface area contributed by atoms with Crippen molar-refractivity contribution in [2.24, 2.45) is 11.8 Å². The molecule has 1 rings (SSSR count). The summed E-state index contributed by atoms with van der Waals surface area (Å²) in [5, 5.41) is 5.90. The van der Waals surface area contributed by atoms with E-state index in [4.69, 9.17) is 9.47 Å². The zero-order valence-electron chi connectivity index (χ0n) is 26.5. The molecule has 0 unspecified atom stereocenters. The number of unbranched alkanes of at least 4 members (excludes halogenated alkanes) is 4. The first-order valence-corrected chi connectivity index (χ1v) is 17.3. The van der Waals surface area contributed by atoms with Gasteiger partial charge in [0.2, 0.25) is 11.8 Å². The molecular weight excluding hydrogens is 572 g/mol. The lowest BCUT2D eigenvalue weighted by atomic mass is 10.0. The molecule has 238 valence electrons. The largest absolute Gasteiger partial charge is 0.488 e. The van der Waals surface area contributed by atoms with Crippen LogP contribution >= 0.6 is 23.5 Å². The second-order valence-corrected chi connectivity index (χ2v) is 13.0. The fourth-order valence-electron chi connectivity index (χ4n) is 4.18. The van der Waals surface area contributed by atoms with Crippen LogP contribution in [0.15, 0.2) is 12.1 Å². The summed E-state index contributed by atoms with van der Waals surface area (Å²) in [7, 11) is 0. The van der Waals surface area contributed by atoms with Gasteiger partial charge in [-0.3, -0.25) is 19.2 Å². The summed E-state index contributed by atoms with van der Waals surface area (Å²) in [4.78, 5) is 48.3. The van der Waals surface area contributed by atoms with E-state index >= 15 is 0 Å². The molecule has 0 saturated heterocycles. The highest BCUT2D eigenvalue weighted by atomic mass is 32.2. The Morgan fingerprint density at radius 1 is 0.690 bits per heavy atom. The summed E-state index contributed by atoms with van der Waals surface area (Å²) in [5.41, 5.74) is 1.77. The van der Waals surface area contributed by atoms with Crippen molar-refractivity contribution in [3.63, 3.8) is 0 Å². The fourth-order valence-corrected chi connectivity index (χ4v) is 5.43. The Hall–Kier alpha value is -2.20. The molecule has 10 heteroatoms. The van der Waals surface area contributed by atoms with Crippen LogP contribution in [0, 0.1) is 11.8 Å². The molecule has 2 atom stereocenters. The van der Waals surface area contributed by atoms with Crippen LogP contribution in [-0.4, -0.2) is 48.3 Å². The van der Waals surface area contributed by atoms with E-state index < -0.39 is 0 Å². The van der Waals surface area contributed by atoms with Gasteiger partial charge < -0.3 is 20.1 Å². The summed E-state index contributed by atoms with van der Waals surface area (Å²) < 4.78 is 12.1. The number of benzene rings is 1. The molecule has 0 spiro atoms. The minimum atomic E-state index is -0.0479. The molecule has 0 saturated carbocycles. The molecule has 0 aliphatic heterocycles. The molecule has 8 nitrogen and oxygen atoms in total. The monoisotopic (exact) mass is 624 g/mol. The molecule has 0 bridgehead atoms. The Morgan fingerprint density at radius 3 is 1.40 bits per heavy atom. The molecule has 0 aliphatic carbocycles. The first kappa shape index (κ1) is 37.8. The van der Waals surface area contributed by atoms with E-state index in [-0.39, 0.29) is 47.1 Å². The third-order valence-corrected chi connectivity index (χ3v) is 8.55. The van der Waals surface area contributed by atoms with Crippen molar-refractivity contribution in [2.45, 2.75) is 104 Å². The summed E-state index contributed by atoms with van der Waals surface area (Å²) in [6.45, 7) is 12.4. The minimum Gasteiger partial charge on any atom is -0.488 e. The molecule has 0 aromatic heterocycles. The van der Waals surface area contributed by atoms with Gasteiger partial charge in [0.15, 0.2) is 21.7 Å². The molecule has 0 fully saturated rings. The first-order chi connectivity index (χ1) is 20.1. The molecule has 1 aromatic carbocycles. The van der Waals surface area contributed by atoms with Gasteiger partial charge in [0.1, 0.15) is 13.2 Å². The number of carbonyl (C=O) groups excluding carboxylic acids is 4. The van der Waals surface area contributed by atoms with Crippen LogP contribution in [0.1, 0.15) is 104 Å². The van der Waals surface area contributed by atoms with Crippen molar-refractivity contribution in [3.8, 4) is 11.5 Å². The van der Waals surface area contributed by atoms with E-state index in [0.29, 0.717) is 36.1 Å². The molecular formula is C32H52N2O6S2. The standard InChI is InChI=1S/C32H52N2O6S2/c1-7-9-11-13-23(3)31(37)33-15-17-39-29-19-27(21-41-25(5)35)28(22-42-26(6)36)20-30(29)40-18-16-34-32(38)24(4)14-12-10-8-2/h19-20,23-24H,7-18,21-22H2,1-6H3,(H,33,37)(H,34,38)/t23-,24-/m0/s1. The van der Waals surface area contributed by atoms with E-state index in [1.54, 1.807) is 0 Å². The van der Waals surface area contributed by atoms with Gasteiger partial charge in [-0.15, -0.1) is 0 Å². The molecule has 0 radical (unpaired) electrons. The van der Waals surface area contributed by atoms with Crippen molar-refractivity contribution >= 4 is 45.6 Å². The Balaban J connectivity index is 2.92. The van der Waals surface area contributed by atoms with E-state index in [2.05, 4.69) is 24.5 Å². The quantitative estimate of drug-likeness (QED) is 0.138. The van der Waals surface area contributed by atoms with Gasteiger partial charge in [-0.05, 0) is 36.1 Å². The van der Waals surface area contributed by atoms with Crippen molar-refractivity contribution in [3.05, 3.63) is 23.3 Å². The van der Waals surface area contributed by atoms with Crippen LogP contribution in [0.5, 0.6) is 11.5 Å². The lowest BCUT2D eigenvalue weighted by molar-refractivity contribution is -0.125. The van der Waals surface area contributed by atoms with E-state index in [1.165, 1.54) is 37.4 Å². The van der Waals surface area contributed by atoms with Crippen LogP contribution in [-0.2, 0) is 30.7 Å². The minimum absolute atomic E-state index is 0.00148. The normalized spacial score (nSPS) is 12.3. The van der Waals surface area contributed by atoms with Gasteiger partial charge in [-0.25, -0.2) is 0 Å². The van der Waals surface area contributed by atoms with Crippen LogP contribution in [0.25, 0.3) is 0 Å². The van der Waals surface area contributed by atoms with Crippen LogP contribution in [0.2, 0.25) is 0 Å². The number of hydrogen-bond acceptors (Lipinski definition) is 8. The first-order valence-electron chi connectivity index (χ1n) is 15.3. The van der Waals surface area contributed by atoms with Crippen LogP contribution in [0.4, 0.5) is 0 Å². The number of hydrogen-bond donors (Lipinski definition) is 2. The van der Waals surface area contributed by atoms with E-state index in [9.17, 15) is 19.2 Å². The Labute approximate surface area is 261 Å². The third kappa shape index (κ3) is 16.4. The molecule has 2 amide bonds. The van der Waals surface area contributed by atoms with Gasteiger partial charge in [-0.2, -0.15) is 0 Å². The molecule has 2 N–H and O–H groups in total. The van der Waals surface area contributed by atoms with Gasteiger partial charge in [0, 0.05) is 37.2 Å². The number of carbonyl (C=O) groups is 4. The van der Waals surface area contributed by atoms with Crippen molar-refractivity contribution in [1.29, 1.82) is 0 Å². The summed E-state index contributed by atoms with van der Waals surface area (Å²) in [6, 6.07) is 3.70. The van der Waals surface area contributed by atoms with Gasteiger partial charge in [0.05, 0.1) is 13.1 Å². The smallest absolute Gasteiger partial charge is 0.222 e. The molecule has 0 heterocycles. The second-order valence-electron chi connectivity index (χ2n) is 10.7. The van der Waals surface area contributed by atoms with E-state index in [1.807, 2.05) is 26.0 Å². The number of nitrogens with one attached hydrogen (secondary N) is 2. The van der Waals surface area contributed by atoms with Crippen molar-refractivity contribution < 1.29 is 28.7 Å². The number of amides is 2. The predicted molar refractivity (Wildman–Crippen MR) is 174 cm³/mol. The average molecular weight is 625 g/mol.